The van der Waals surface area contributed by atoms with Gasteiger partial charge in [-0.15, -0.1) is 23.1 Å². The number of anilines is 1. The molecule has 0 aliphatic rings. The molecule has 3 rings (SSSR count). The lowest BCUT2D eigenvalue weighted by molar-refractivity contribution is -0.119. The number of nitrogens with zero attached hydrogens (tertiary/aromatic N) is 2. The number of amides is 1. The van der Waals surface area contributed by atoms with Crippen LogP contribution >= 0.6 is 23.1 Å². The number of thiazole rings is 1. The standard InChI is InChI=1S/C23H21N3O3S2/c1-3-16-8-10-17(11-9-16)22-25-15(2)21(31-22)23(28)29-14-20(27)26-18-6-4-5-7-19(18)30-13-12-24/h4-11H,3,13-14H2,1-2H3,(H,26,27). The van der Waals surface area contributed by atoms with Gasteiger partial charge in [-0.3, -0.25) is 4.79 Å². The number of benzene rings is 2. The highest BCUT2D eigenvalue weighted by Gasteiger charge is 2.19. The zero-order valence-electron chi connectivity index (χ0n) is 17.2. The molecule has 6 nitrogen and oxygen atoms in total. The van der Waals surface area contributed by atoms with E-state index >= 15 is 0 Å². The summed E-state index contributed by atoms with van der Waals surface area (Å²) in [6, 6.07) is 17.3. The zero-order chi connectivity index (χ0) is 22.2. The fraction of sp³-hybridized carbons (Fsp3) is 0.217. The minimum Gasteiger partial charge on any atom is -0.451 e. The van der Waals surface area contributed by atoms with Crippen LogP contribution < -0.4 is 5.32 Å². The van der Waals surface area contributed by atoms with Crippen molar-refractivity contribution in [1.82, 2.24) is 4.98 Å². The number of aryl methyl sites for hydroxylation is 2. The molecule has 0 unspecified atom stereocenters. The van der Waals surface area contributed by atoms with Crippen molar-refractivity contribution in [2.24, 2.45) is 0 Å². The molecule has 0 spiro atoms. The summed E-state index contributed by atoms with van der Waals surface area (Å²) < 4.78 is 5.21. The monoisotopic (exact) mass is 451 g/mol. The van der Waals surface area contributed by atoms with Crippen LogP contribution in [0.1, 0.15) is 27.9 Å². The van der Waals surface area contributed by atoms with Crippen LogP contribution in [0.5, 0.6) is 0 Å². The van der Waals surface area contributed by atoms with Gasteiger partial charge in [-0.05, 0) is 31.0 Å². The minimum absolute atomic E-state index is 0.274. The van der Waals surface area contributed by atoms with Crippen molar-refractivity contribution in [3.63, 3.8) is 0 Å². The van der Waals surface area contributed by atoms with Crippen LogP contribution in [0.25, 0.3) is 10.6 Å². The molecule has 2 aromatic carbocycles. The number of hydrogen-bond donors (Lipinski definition) is 1. The largest absolute Gasteiger partial charge is 0.451 e. The summed E-state index contributed by atoms with van der Waals surface area (Å²) in [5.41, 5.74) is 3.32. The summed E-state index contributed by atoms with van der Waals surface area (Å²) >= 11 is 2.57. The number of aromatic nitrogens is 1. The summed E-state index contributed by atoms with van der Waals surface area (Å²) in [6.45, 7) is 3.43. The van der Waals surface area contributed by atoms with Crippen molar-refractivity contribution in [2.45, 2.75) is 25.2 Å². The second-order valence-corrected chi connectivity index (χ2v) is 8.57. The Kier molecular flexibility index (Phi) is 7.82. The first-order chi connectivity index (χ1) is 15.0. The summed E-state index contributed by atoms with van der Waals surface area (Å²) in [4.78, 5) is 30.4. The van der Waals surface area contributed by atoms with Crippen LogP contribution in [0.2, 0.25) is 0 Å². The average molecular weight is 452 g/mol. The molecule has 158 valence electrons. The molecule has 1 amide bonds. The summed E-state index contributed by atoms with van der Waals surface area (Å²) in [5, 5.41) is 12.2. The smallest absolute Gasteiger partial charge is 0.350 e. The fourth-order valence-corrected chi connectivity index (χ4v) is 4.42. The number of ether oxygens (including phenoxy) is 1. The van der Waals surface area contributed by atoms with Gasteiger partial charge < -0.3 is 10.1 Å². The minimum atomic E-state index is -0.575. The Morgan fingerprint density at radius 3 is 2.65 bits per heavy atom. The molecule has 0 bridgehead atoms. The van der Waals surface area contributed by atoms with Gasteiger partial charge in [0.15, 0.2) is 6.61 Å². The molecule has 0 radical (unpaired) electrons. The summed E-state index contributed by atoms with van der Waals surface area (Å²) in [7, 11) is 0. The maximum Gasteiger partial charge on any atom is 0.350 e. The van der Waals surface area contributed by atoms with Crippen LogP contribution in [0, 0.1) is 18.3 Å². The van der Waals surface area contributed by atoms with Crippen molar-refractivity contribution >= 4 is 40.7 Å². The van der Waals surface area contributed by atoms with Gasteiger partial charge in [0.1, 0.15) is 9.88 Å². The molecule has 1 aromatic heterocycles. The second-order valence-electron chi connectivity index (χ2n) is 6.55. The molecule has 0 atom stereocenters. The van der Waals surface area contributed by atoms with Crippen molar-refractivity contribution < 1.29 is 14.3 Å². The van der Waals surface area contributed by atoms with E-state index in [1.807, 2.05) is 36.4 Å². The number of carbonyl (C=O) groups excluding carboxylic acids is 2. The zero-order valence-corrected chi connectivity index (χ0v) is 18.8. The Labute approximate surface area is 189 Å². The number of nitriles is 1. The Morgan fingerprint density at radius 1 is 1.19 bits per heavy atom. The van der Waals surface area contributed by atoms with Gasteiger partial charge in [0.2, 0.25) is 0 Å². The number of carbonyl (C=O) groups is 2. The Bertz CT molecular complexity index is 1120. The van der Waals surface area contributed by atoms with E-state index in [0.717, 1.165) is 21.9 Å². The number of rotatable bonds is 8. The molecule has 8 heteroatoms. The molecule has 0 aliphatic carbocycles. The molecule has 1 N–H and O–H groups in total. The third kappa shape index (κ3) is 5.94. The maximum absolute atomic E-state index is 12.5. The van der Waals surface area contributed by atoms with Crippen LogP contribution in [0.4, 0.5) is 5.69 Å². The SMILES string of the molecule is CCc1ccc(-c2nc(C)c(C(=O)OCC(=O)Nc3ccccc3SCC#N)s2)cc1. The van der Waals surface area contributed by atoms with Gasteiger partial charge in [-0.25, -0.2) is 9.78 Å². The van der Waals surface area contributed by atoms with Crippen LogP contribution in [-0.2, 0) is 16.0 Å². The number of nitrogens with one attached hydrogen (secondary N) is 1. The molecular weight excluding hydrogens is 430 g/mol. The highest BCUT2D eigenvalue weighted by molar-refractivity contribution is 7.99. The third-order valence-electron chi connectivity index (χ3n) is 4.38. The van der Waals surface area contributed by atoms with Crippen LogP contribution in [-0.4, -0.2) is 29.2 Å². The Hall–Kier alpha value is -3.15. The normalized spacial score (nSPS) is 10.4. The van der Waals surface area contributed by atoms with Crippen LogP contribution in [0.15, 0.2) is 53.4 Å². The molecule has 1 heterocycles. The molecule has 31 heavy (non-hydrogen) atoms. The second kappa shape index (κ2) is 10.8. The molecule has 0 fully saturated rings. The van der Waals surface area contributed by atoms with E-state index in [1.54, 1.807) is 19.1 Å². The van der Waals surface area contributed by atoms with E-state index in [4.69, 9.17) is 10.00 Å². The van der Waals surface area contributed by atoms with Gasteiger partial charge in [0.05, 0.1) is 23.2 Å². The van der Waals surface area contributed by atoms with E-state index in [9.17, 15) is 9.59 Å². The average Bonchev–Trinajstić information content (AvgIpc) is 3.18. The van der Waals surface area contributed by atoms with Crippen molar-refractivity contribution in [3.8, 4) is 16.6 Å². The highest BCUT2D eigenvalue weighted by atomic mass is 32.2. The van der Waals surface area contributed by atoms with Crippen molar-refractivity contribution in [1.29, 1.82) is 5.26 Å². The third-order valence-corrected chi connectivity index (χ3v) is 6.51. The van der Waals surface area contributed by atoms with Gasteiger partial charge in [0.25, 0.3) is 5.91 Å². The van der Waals surface area contributed by atoms with E-state index in [2.05, 4.69) is 23.3 Å². The maximum atomic E-state index is 12.5. The van der Waals surface area contributed by atoms with Crippen molar-refractivity contribution in [2.75, 3.05) is 17.7 Å². The lowest BCUT2D eigenvalue weighted by atomic mass is 10.1. The number of para-hydroxylation sites is 1. The predicted molar refractivity (Wildman–Crippen MR) is 123 cm³/mol. The van der Waals surface area contributed by atoms with Crippen molar-refractivity contribution in [3.05, 3.63) is 64.7 Å². The van der Waals surface area contributed by atoms with E-state index < -0.39 is 18.5 Å². The highest BCUT2D eigenvalue weighted by Crippen LogP contribution is 2.29. The Balaban J connectivity index is 1.61. The first-order valence-electron chi connectivity index (χ1n) is 9.64. The van der Waals surface area contributed by atoms with E-state index in [1.165, 1.54) is 28.7 Å². The number of thioether (sulfide) groups is 1. The number of esters is 1. The van der Waals surface area contributed by atoms with Gasteiger partial charge in [-0.2, -0.15) is 5.26 Å². The summed E-state index contributed by atoms with van der Waals surface area (Å²) in [5.74, 6) is -0.750. The Morgan fingerprint density at radius 2 is 1.94 bits per heavy atom. The molecule has 0 saturated carbocycles. The quantitative estimate of drug-likeness (QED) is 0.379. The first kappa shape index (κ1) is 22.5. The van der Waals surface area contributed by atoms with Gasteiger partial charge >= 0.3 is 5.97 Å². The topological polar surface area (TPSA) is 92.1 Å². The first-order valence-corrected chi connectivity index (χ1v) is 11.4. The molecule has 0 saturated heterocycles. The lowest BCUT2D eigenvalue weighted by Gasteiger charge is -2.09. The number of hydrogen-bond acceptors (Lipinski definition) is 7. The predicted octanol–water partition coefficient (Wildman–Crippen LogP) is 5.09. The van der Waals surface area contributed by atoms with E-state index in [-0.39, 0.29) is 5.75 Å². The fourth-order valence-electron chi connectivity index (χ4n) is 2.78. The van der Waals surface area contributed by atoms with E-state index in [0.29, 0.717) is 16.3 Å². The molecule has 0 aliphatic heterocycles. The van der Waals surface area contributed by atoms with Gasteiger partial charge in [-0.1, -0.05) is 43.3 Å². The van der Waals surface area contributed by atoms with Gasteiger partial charge in [0, 0.05) is 10.5 Å². The molecule has 3 aromatic rings. The lowest BCUT2D eigenvalue weighted by Crippen LogP contribution is -2.21. The summed E-state index contributed by atoms with van der Waals surface area (Å²) in [6.07, 6.45) is 0.957. The molecular formula is C23H21N3O3S2. The van der Waals surface area contributed by atoms with Crippen LogP contribution in [0.3, 0.4) is 0 Å².